The van der Waals surface area contributed by atoms with E-state index in [-0.39, 0.29) is 5.97 Å². The zero-order valence-electron chi connectivity index (χ0n) is 8.04. The van der Waals surface area contributed by atoms with Crippen molar-refractivity contribution in [3.8, 4) is 0 Å². The standard InChI is InChI=1S/C12H11O2/c1-3-8(2)11-9-6-4-5-7-10(9)12(13)14-11/h4-7H,2-3H2,1H3. The molecule has 1 heterocycles. The number of hydrogen-bond donors (Lipinski definition) is 0. The maximum Gasteiger partial charge on any atom is 0.344 e. The van der Waals surface area contributed by atoms with Crippen molar-refractivity contribution in [1.29, 1.82) is 0 Å². The molecule has 1 aromatic rings. The third-order valence-electron chi connectivity index (χ3n) is 2.33. The van der Waals surface area contributed by atoms with Crippen LogP contribution in [-0.2, 0) is 4.74 Å². The van der Waals surface area contributed by atoms with Crippen molar-refractivity contribution >= 4 is 11.7 Å². The van der Waals surface area contributed by atoms with Gasteiger partial charge in [0.15, 0.2) is 0 Å². The molecule has 71 valence electrons. The van der Waals surface area contributed by atoms with Gasteiger partial charge in [0, 0.05) is 5.56 Å². The third-order valence-corrected chi connectivity index (χ3v) is 2.33. The van der Waals surface area contributed by atoms with Gasteiger partial charge in [0.25, 0.3) is 0 Å². The summed E-state index contributed by atoms with van der Waals surface area (Å²) >= 11 is 0. The van der Waals surface area contributed by atoms with E-state index < -0.39 is 0 Å². The van der Waals surface area contributed by atoms with Gasteiger partial charge in [-0.15, -0.1) is 0 Å². The van der Waals surface area contributed by atoms with Crippen molar-refractivity contribution in [2.45, 2.75) is 13.3 Å². The Morgan fingerprint density at radius 3 is 2.64 bits per heavy atom. The number of ether oxygens (including phenoxy) is 1. The average molecular weight is 187 g/mol. The summed E-state index contributed by atoms with van der Waals surface area (Å²) < 4.78 is 5.16. The summed E-state index contributed by atoms with van der Waals surface area (Å²) in [7, 11) is 0. The van der Waals surface area contributed by atoms with Crippen molar-refractivity contribution in [2.75, 3.05) is 0 Å². The van der Waals surface area contributed by atoms with E-state index in [4.69, 9.17) is 4.74 Å². The van der Waals surface area contributed by atoms with Gasteiger partial charge in [-0.1, -0.05) is 25.1 Å². The van der Waals surface area contributed by atoms with Gasteiger partial charge in [0.1, 0.15) is 5.76 Å². The predicted molar refractivity (Wildman–Crippen MR) is 54.4 cm³/mol. The third kappa shape index (κ3) is 1.23. The topological polar surface area (TPSA) is 26.3 Å². The Morgan fingerprint density at radius 1 is 1.36 bits per heavy atom. The number of carbonyl (C=O) groups is 1. The van der Waals surface area contributed by atoms with E-state index in [9.17, 15) is 4.79 Å². The van der Waals surface area contributed by atoms with E-state index in [2.05, 4.69) is 6.92 Å². The quantitative estimate of drug-likeness (QED) is 0.632. The van der Waals surface area contributed by atoms with Crippen molar-refractivity contribution in [3.05, 3.63) is 47.9 Å². The van der Waals surface area contributed by atoms with Crippen LogP contribution in [0.1, 0.15) is 29.3 Å². The van der Waals surface area contributed by atoms with Crippen LogP contribution >= 0.6 is 0 Å². The van der Waals surface area contributed by atoms with Gasteiger partial charge < -0.3 is 4.74 Å². The van der Waals surface area contributed by atoms with E-state index in [1.54, 1.807) is 6.07 Å². The molecule has 2 rings (SSSR count). The molecule has 0 atom stereocenters. The number of allylic oxidation sites excluding steroid dienone is 1. The highest BCUT2D eigenvalue weighted by Gasteiger charge is 2.26. The minimum absolute atomic E-state index is 0.273. The molecule has 14 heavy (non-hydrogen) atoms. The first kappa shape index (κ1) is 9.00. The molecular formula is C12H11O2. The Kier molecular flexibility index (Phi) is 2.12. The highest BCUT2D eigenvalue weighted by Crippen LogP contribution is 2.32. The minimum Gasteiger partial charge on any atom is -0.422 e. The molecule has 0 amide bonds. The summed E-state index contributed by atoms with van der Waals surface area (Å²) in [5.41, 5.74) is 2.37. The molecule has 0 bridgehead atoms. The summed E-state index contributed by atoms with van der Waals surface area (Å²) in [5.74, 6) is 0.360. The monoisotopic (exact) mass is 187 g/mol. The number of carbonyl (C=O) groups excluding carboxylic acids is 1. The van der Waals surface area contributed by atoms with Crippen LogP contribution in [0.4, 0.5) is 0 Å². The van der Waals surface area contributed by atoms with E-state index in [0.29, 0.717) is 11.3 Å². The summed E-state index contributed by atoms with van der Waals surface area (Å²) in [5, 5.41) is 0. The zero-order valence-corrected chi connectivity index (χ0v) is 8.04. The molecule has 1 aromatic carbocycles. The van der Waals surface area contributed by atoms with Crippen LogP contribution in [0, 0.1) is 6.92 Å². The van der Waals surface area contributed by atoms with Gasteiger partial charge >= 0.3 is 5.97 Å². The fourth-order valence-electron chi connectivity index (χ4n) is 1.48. The van der Waals surface area contributed by atoms with Crippen LogP contribution < -0.4 is 0 Å². The summed E-state index contributed by atoms with van der Waals surface area (Å²) in [6.45, 7) is 5.86. The highest BCUT2D eigenvalue weighted by atomic mass is 16.5. The second kappa shape index (κ2) is 3.29. The Morgan fingerprint density at radius 2 is 2.00 bits per heavy atom. The van der Waals surface area contributed by atoms with Gasteiger partial charge in [-0.25, -0.2) is 4.79 Å². The lowest BCUT2D eigenvalue weighted by molar-refractivity contribution is 0.0714. The Labute approximate surface area is 83.2 Å². The molecule has 0 N–H and O–H groups in total. The van der Waals surface area contributed by atoms with Crippen LogP contribution in [-0.4, -0.2) is 5.97 Å². The fourth-order valence-corrected chi connectivity index (χ4v) is 1.48. The van der Waals surface area contributed by atoms with Crippen molar-refractivity contribution in [3.63, 3.8) is 0 Å². The molecule has 1 aliphatic heterocycles. The normalized spacial score (nSPS) is 17.7. The first-order chi connectivity index (χ1) is 6.74. The lowest BCUT2D eigenvalue weighted by Crippen LogP contribution is -1.92. The Bertz CT molecular complexity index is 416. The smallest absolute Gasteiger partial charge is 0.344 e. The van der Waals surface area contributed by atoms with Crippen LogP contribution in [0.2, 0.25) is 0 Å². The van der Waals surface area contributed by atoms with E-state index >= 15 is 0 Å². The molecule has 0 aliphatic carbocycles. The van der Waals surface area contributed by atoms with Crippen LogP contribution in [0.5, 0.6) is 0 Å². The maximum atomic E-state index is 11.4. The highest BCUT2D eigenvalue weighted by molar-refractivity contribution is 6.03. The largest absolute Gasteiger partial charge is 0.422 e. The van der Waals surface area contributed by atoms with Gasteiger partial charge in [-0.3, -0.25) is 0 Å². The fraction of sp³-hybridized carbons (Fsp3) is 0.167. The number of cyclic esters (lactones) is 1. The van der Waals surface area contributed by atoms with E-state index in [1.807, 2.05) is 25.1 Å². The van der Waals surface area contributed by atoms with Crippen molar-refractivity contribution in [2.24, 2.45) is 0 Å². The molecule has 1 aliphatic rings. The number of hydrogen-bond acceptors (Lipinski definition) is 2. The van der Waals surface area contributed by atoms with Crippen LogP contribution in [0.3, 0.4) is 0 Å². The Hall–Kier alpha value is -1.57. The number of benzene rings is 1. The molecule has 2 nitrogen and oxygen atoms in total. The summed E-state index contributed by atoms with van der Waals surface area (Å²) in [6, 6.07) is 7.38. The van der Waals surface area contributed by atoms with E-state index in [1.165, 1.54) is 0 Å². The van der Waals surface area contributed by atoms with Crippen LogP contribution in [0.15, 0.2) is 29.8 Å². The first-order valence-corrected chi connectivity index (χ1v) is 4.60. The number of esters is 1. The molecule has 0 aromatic heterocycles. The molecule has 0 saturated heterocycles. The molecule has 1 radical (unpaired) electrons. The summed E-state index contributed by atoms with van der Waals surface area (Å²) in [4.78, 5) is 11.4. The molecular weight excluding hydrogens is 176 g/mol. The molecule has 0 saturated carbocycles. The molecule has 2 heteroatoms. The van der Waals surface area contributed by atoms with Gasteiger partial charge in [0.05, 0.1) is 5.56 Å². The maximum absolute atomic E-state index is 11.4. The first-order valence-electron chi connectivity index (χ1n) is 4.60. The van der Waals surface area contributed by atoms with Gasteiger partial charge in [0.2, 0.25) is 0 Å². The number of rotatable bonds is 1. The lowest BCUT2D eigenvalue weighted by atomic mass is 10.0. The lowest BCUT2D eigenvalue weighted by Gasteiger charge is -2.02. The van der Waals surface area contributed by atoms with Gasteiger partial charge in [-0.05, 0) is 25.0 Å². The second-order valence-electron chi connectivity index (χ2n) is 3.22. The van der Waals surface area contributed by atoms with Crippen molar-refractivity contribution in [1.82, 2.24) is 0 Å². The average Bonchev–Trinajstić information content (AvgIpc) is 2.56. The van der Waals surface area contributed by atoms with Crippen molar-refractivity contribution < 1.29 is 9.53 Å². The Balaban J connectivity index is 2.60. The van der Waals surface area contributed by atoms with Gasteiger partial charge in [-0.2, -0.15) is 0 Å². The van der Waals surface area contributed by atoms with Crippen LogP contribution in [0.25, 0.3) is 5.76 Å². The minimum atomic E-state index is -0.273. The molecule has 0 spiro atoms. The number of fused-ring (bicyclic) bond motifs is 1. The molecule has 0 fully saturated rings. The molecule has 0 unspecified atom stereocenters. The van der Waals surface area contributed by atoms with E-state index in [0.717, 1.165) is 17.6 Å². The SMILES string of the molecule is [CH2]C(CC)=C1OC(=O)c2ccccc21. The zero-order chi connectivity index (χ0) is 10.1. The predicted octanol–water partition coefficient (Wildman–Crippen LogP) is 2.81. The second-order valence-corrected chi connectivity index (χ2v) is 3.22. The summed E-state index contributed by atoms with van der Waals surface area (Å²) in [6.07, 6.45) is 0.789.